The van der Waals surface area contributed by atoms with E-state index in [1.54, 1.807) is 12.1 Å². The predicted octanol–water partition coefficient (Wildman–Crippen LogP) is 3.34. The Labute approximate surface area is 176 Å². The van der Waals surface area contributed by atoms with Crippen molar-refractivity contribution < 1.29 is 26.0 Å². The third kappa shape index (κ3) is 4.57. The van der Waals surface area contributed by atoms with E-state index in [4.69, 9.17) is 0 Å². The third-order valence-electron chi connectivity index (χ3n) is 5.12. The van der Waals surface area contributed by atoms with Crippen molar-refractivity contribution >= 4 is 31.3 Å². The van der Waals surface area contributed by atoms with Gasteiger partial charge < -0.3 is 5.32 Å². The highest BCUT2D eigenvalue weighted by atomic mass is 32.2. The van der Waals surface area contributed by atoms with Crippen molar-refractivity contribution in [3.8, 4) is 0 Å². The van der Waals surface area contributed by atoms with E-state index in [-0.39, 0.29) is 22.5 Å². The molecule has 1 unspecified atom stereocenters. The van der Waals surface area contributed by atoms with E-state index in [9.17, 15) is 26.0 Å². The minimum Gasteiger partial charge on any atom is -0.322 e. The van der Waals surface area contributed by atoms with Crippen LogP contribution in [0.1, 0.15) is 43.1 Å². The van der Waals surface area contributed by atoms with Gasteiger partial charge in [-0.05, 0) is 41.7 Å². The fourth-order valence-electron chi connectivity index (χ4n) is 3.49. The number of nitrogens with one attached hydrogen (secondary N) is 1. The van der Waals surface area contributed by atoms with Gasteiger partial charge in [0.1, 0.15) is 5.82 Å². The number of hydrogen-bond donors (Lipinski definition) is 1. The van der Waals surface area contributed by atoms with E-state index in [0.717, 1.165) is 23.8 Å². The first-order valence-corrected chi connectivity index (χ1v) is 12.8. The average molecular weight is 454 g/mol. The fourth-order valence-corrected chi connectivity index (χ4v) is 7.87. The fraction of sp³-hybridized carbons (Fsp3) is 0.381. The highest BCUT2D eigenvalue weighted by Gasteiger charge is 2.38. The summed E-state index contributed by atoms with van der Waals surface area (Å²) in [6, 6.07) is 10.1. The second kappa shape index (κ2) is 7.77. The Balaban J connectivity index is 1.94. The molecule has 2 aromatic carbocycles. The molecular formula is C21H24FNO5S2. The molecule has 1 atom stereocenters. The maximum Gasteiger partial charge on any atom is 0.258 e. The molecule has 1 N–H and O–H groups in total. The lowest BCUT2D eigenvalue weighted by molar-refractivity contribution is 0.102. The first-order valence-electron chi connectivity index (χ1n) is 9.46. The molecule has 1 amide bonds. The SMILES string of the molecule is CC(C)(C)c1ccccc1NC(=O)c1cc(S(=O)(=O)C2CCS(=O)(=O)C2)ccc1F. The number of halogens is 1. The maximum absolute atomic E-state index is 14.4. The summed E-state index contributed by atoms with van der Waals surface area (Å²) in [7, 11) is -7.43. The van der Waals surface area contributed by atoms with Crippen molar-refractivity contribution in [3.05, 3.63) is 59.4 Å². The van der Waals surface area contributed by atoms with Crippen LogP contribution in [-0.4, -0.2) is 39.5 Å². The van der Waals surface area contributed by atoms with Gasteiger partial charge in [-0.1, -0.05) is 39.0 Å². The lowest BCUT2D eigenvalue weighted by Crippen LogP contribution is -2.24. The predicted molar refractivity (Wildman–Crippen MR) is 114 cm³/mol. The lowest BCUT2D eigenvalue weighted by atomic mass is 9.86. The molecular weight excluding hydrogens is 429 g/mol. The van der Waals surface area contributed by atoms with Crippen LogP contribution in [0.25, 0.3) is 0 Å². The molecule has 0 aliphatic carbocycles. The molecule has 3 rings (SSSR count). The topological polar surface area (TPSA) is 97.4 Å². The van der Waals surface area contributed by atoms with E-state index >= 15 is 0 Å². The molecule has 0 aromatic heterocycles. The molecule has 6 nitrogen and oxygen atoms in total. The smallest absolute Gasteiger partial charge is 0.258 e. The van der Waals surface area contributed by atoms with Crippen molar-refractivity contribution in [2.45, 2.75) is 42.8 Å². The van der Waals surface area contributed by atoms with Gasteiger partial charge in [-0.3, -0.25) is 4.79 Å². The number of para-hydroxylation sites is 1. The number of sulfone groups is 2. The van der Waals surface area contributed by atoms with Gasteiger partial charge in [-0.25, -0.2) is 21.2 Å². The van der Waals surface area contributed by atoms with Crippen LogP contribution in [0.5, 0.6) is 0 Å². The molecule has 1 saturated heterocycles. The number of benzene rings is 2. The summed E-state index contributed by atoms with van der Waals surface area (Å²) in [5.74, 6) is -2.30. The van der Waals surface area contributed by atoms with Crippen LogP contribution in [0.2, 0.25) is 0 Å². The zero-order chi connectivity index (χ0) is 22.3. The van der Waals surface area contributed by atoms with E-state index in [1.807, 2.05) is 32.9 Å². The standard InChI is InChI=1S/C21H24FNO5S2/c1-21(2,3)17-6-4-5-7-19(17)23-20(24)16-12-14(8-9-18(16)22)30(27,28)15-10-11-29(25,26)13-15/h4-9,12,15H,10-11,13H2,1-3H3,(H,23,24). The van der Waals surface area contributed by atoms with Gasteiger partial charge in [-0.15, -0.1) is 0 Å². The van der Waals surface area contributed by atoms with Crippen molar-refractivity contribution in [2.24, 2.45) is 0 Å². The minimum absolute atomic E-state index is 0.0114. The maximum atomic E-state index is 14.4. The van der Waals surface area contributed by atoms with Crippen molar-refractivity contribution in [2.75, 3.05) is 16.8 Å². The molecule has 9 heteroatoms. The molecule has 162 valence electrons. The van der Waals surface area contributed by atoms with E-state index < -0.39 is 48.0 Å². The van der Waals surface area contributed by atoms with Crippen LogP contribution < -0.4 is 5.32 Å². The third-order valence-corrected chi connectivity index (χ3v) is 9.29. The minimum atomic E-state index is -4.01. The van der Waals surface area contributed by atoms with Crippen LogP contribution in [0.15, 0.2) is 47.4 Å². The summed E-state index contributed by atoms with van der Waals surface area (Å²) in [6.45, 7) is 5.92. The van der Waals surface area contributed by atoms with E-state index in [2.05, 4.69) is 5.32 Å². The Morgan fingerprint density at radius 2 is 1.80 bits per heavy atom. The van der Waals surface area contributed by atoms with E-state index in [1.165, 1.54) is 0 Å². The van der Waals surface area contributed by atoms with Crippen LogP contribution in [0.3, 0.4) is 0 Å². The van der Waals surface area contributed by atoms with Gasteiger partial charge in [0.05, 0.1) is 27.2 Å². The zero-order valence-electron chi connectivity index (χ0n) is 17.0. The number of rotatable bonds is 4. The first kappa shape index (κ1) is 22.4. The molecule has 1 fully saturated rings. The van der Waals surface area contributed by atoms with Crippen LogP contribution in [-0.2, 0) is 25.1 Å². The van der Waals surface area contributed by atoms with Crippen molar-refractivity contribution in [1.82, 2.24) is 0 Å². The van der Waals surface area contributed by atoms with Gasteiger partial charge in [0.2, 0.25) is 0 Å². The molecule has 0 saturated carbocycles. The Bertz CT molecular complexity index is 1200. The zero-order valence-corrected chi connectivity index (χ0v) is 18.6. The molecule has 1 heterocycles. The van der Waals surface area contributed by atoms with Gasteiger partial charge in [0.15, 0.2) is 19.7 Å². The summed E-state index contributed by atoms with van der Waals surface area (Å²) in [5, 5.41) is 1.57. The largest absolute Gasteiger partial charge is 0.322 e. The second-order valence-corrected chi connectivity index (χ2v) is 12.9. The van der Waals surface area contributed by atoms with Crippen LogP contribution >= 0.6 is 0 Å². The summed E-state index contributed by atoms with van der Waals surface area (Å²) >= 11 is 0. The monoisotopic (exact) mass is 453 g/mol. The van der Waals surface area contributed by atoms with Crippen LogP contribution in [0.4, 0.5) is 10.1 Å². The molecule has 0 spiro atoms. The molecule has 0 radical (unpaired) electrons. The number of carbonyl (C=O) groups excluding carboxylic acids is 1. The van der Waals surface area contributed by atoms with Gasteiger partial charge in [0, 0.05) is 5.69 Å². The molecule has 1 aliphatic heterocycles. The van der Waals surface area contributed by atoms with E-state index in [0.29, 0.717) is 5.69 Å². The Hall–Kier alpha value is -2.26. The van der Waals surface area contributed by atoms with Gasteiger partial charge in [0.25, 0.3) is 5.91 Å². The Morgan fingerprint density at radius 1 is 1.13 bits per heavy atom. The summed E-state index contributed by atoms with van der Waals surface area (Å²) in [6.07, 6.45) is -0.0114. The Morgan fingerprint density at radius 3 is 2.40 bits per heavy atom. The number of carbonyl (C=O) groups is 1. The Kier molecular flexibility index (Phi) is 5.81. The number of anilines is 1. The summed E-state index contributed by atoms with van der Waals surface area (Å²) in [4.78, 5) is 12.5. The quantitative estimate of drug-likeness (QED) is 0.716. The molecule has 2 aromatic rings. The molecule has 1 aliphatic rings. The number of hydrogen-bond acceptors (Lipinski definition) is 5. The van der Waals surface area contributed by atoms with Gasteiger partial charge in [-0.2, -0.15) is 0 Å². The lowest BCUT2D eigenvalue weighted by Gasteiger charge is -2.23. The van der Waals surface area contributed by atoms with Crippen molar-refractivity contribution in [3.63, 3.8) is 0 Å². The first-order chi connectivity index (χ1) is 13.8. The number of amides is 1. The molecule has 0 bridgehead atoms. The average Bonchev–Trinajstić information content (AvgIpc) is 3.02. The normalized spacial score (nSPS) is 18.9. The highest BCUT2D eigenvalue weighted by molar-refractivity contribution is 7.96. The van der Waals surface area contributed by atoms with Gasteiger partial charge >= 0.3 is 0 Å². The summed E-state index contributed by atoms with van der Waals surface area (Å²) < 4.78 is 63.4. The van der Waals surface area contributed by atoms with Crippen LogP contribution in [0, 0.1) is 5.82 Å². The molecule has 30 heavy (non-hydrogen) atoms. The highest BCUT2D eigenvalue weighted by Crippen LogP contribution is 2.30. The van der Waals surface area contributed by atoms with Crippen molar-refractivity contribution in [1.29, 1.82) is 0 Å². The summed E-state index contributed by atoms with van der Waals surface area (Å²) in [5.41, 5.74) is 0.658. The second-order valence-electron chi connectivity index (χ2n) is 8.46.